The molecule has 0 aromatic heterocycles. The highest BCUT2D eigenvalue weighted by Crippen LogP contribution is 2.31. The monoisotopic (exact) mass is 412 g/mol. The van der Waals surface area contributed by atoms with Crippen molar-refractivity contribution in [2.45, 2.75) is 0 Å². The number of benzene rings is 4. The number of halogens is 1. The Bertz CT molecular complexity index is 1150. The molecule has 0 unspecified atom stereocenters. The van der Waals surface area contributed by atoms with E-state index >= 15 is 0 Å². The fourth-order valence-electron chi connectivity index (χ4n) is 3.13. The maximum Gasteiger partial charge on any atom is 0.196 e. The number of ether oxygens (including phenoxy) is 1. The topological polar surface area (TPSA) is 63.6 Å². The molecule has 5 heteroatoms. The van der Waals surface area contributed by atoms with Crippen LogP contribution >= 0.6 is 0 Å². The van der Waals surface area contributed by atoms with E-state index in [1.165, 1.54) is 48.5 Å². The lowest BCUT2D eigenvalue weighted by molar-refractivity contribution is 0.103. The average Bonchev–Trinajstić information content (AvgIpc) is 2.80. The maximum atomic E-state index is 13.2. The lowest BCUT2D eigenvalue weighted by atomic mass is 10.0. The predicted molar refractivity (Wildman–Crippen MR) is 114 cm³/mol. The summed E-state index contributed by atoms with van der Waals surface area (Å²) in [6, 6.07) is 24.6. The molecular weight excluding hydrogens is 395 g/mol. The Kier molecular flexibility index (Phi) is 5.58. The molecule has 0 aliphatic rings. The van der Waals surface area contributed by atoms with Gasteiger partial charge in [-0.05, 0) is 72.8 Å². The molecule has 4 aromatic rings. The lowest BCUT2D eigenvalue weighted by Crippen LogP contribution is -2.06. The Morgan fingerprint density at radius 2 is 1.03 bits per heavy atom. The van der Waals surface area contributed by atoms with E-state index in [0.717, 1.165) is 0 Å². The van der Waals surface area contributed by atoms with Crippen LogP contribution in [0.5, 0.6) is 17.2 Å². The number of rotatable bonds is 6. The second-order valence-corrected chi connectivity index (χ2v) is 6.81. The van der Waals surface area contributed by atoms with E-state index < -0.39 is 5.82 Å². The van der Waals surface area contributed by atoms with Crippen LogP contribution in [-0.4, -0.2) is 16.7 Å². The highest BCUT2D eigenvalue weighted by atomic mass is 19.1. The number of aromatic hydroxyl groups is 1. The van der Waals surface area contributed by atoms with Gasteiger partial charge in [-0.25, -0.2) is 4.39 Å². The van der Waals surface area contributed by atoms with Gasteiger partial charge in [0.05, 0.1) is 11.1 Å². The quantitative estimate of drug-likeness (QED) is 0.408. The Morgan fingerprint density at radius 3 is 1.52 bits per heavy atom. The number of ketones is 2. The average molecular weight is 412 g/mol. The number of carbonyl (C=O) groups excluding carboxylic acids is 2. The van der Waals surface area contributed by atoms with E-state index in [1.54, 1.807) is 48.5 Å². The van der Waals surface area contributed by atoms with Crippen LogP contribution in [0.1, 0.15) is 31.8 Å². The molecule has 31 heavy (non-hydrogen) atoms. The summed E-state index contributed by atoms with van der Waals surface area (Å²) in [5.74, 6) is -0.393. The lowest BCUT2D eigenvalue weighted by Gasteiger charge is -2.13. The molecule has 0 heterocycles. The molecule has 0 fully saturated rings. The summed E-state index contributed by atoms with van der Waals surface area (Å²) >= 11 is 0. The highest BCUT2D eigenvalue weighted by Gasteiger charge is 2.19. The molecule has 0 atom stereocenters. The van der Waals surface area contributed by atoms with Crippen LogP contribution in [0.3, 0.4) is 0 Å². The number of hydrogen-bond donors (Lipinski definition) is 1. The molecule has 4 aromatic carbocycles. The molecule has 4 nitrogen and oxygen atoms in total. The molecule has 0 radical (unpaired) electrons. The Labute approximate surface area is 178 Å². The molecule has 0 saturated heterocycles. The fraction of sp³-hybridized carbons (Fsp3) is 0. The van der Waals surface area contributed by atoms with Gasteiger partial charge in [0, 0.05) is 11.1 Å². The van der Waals surface area contributed by atoms with Gasteiger partial charge < -0.3 is 9.84 Å². The molecular formula is C26H17FO4. The molecule has 0 aliphatic heterocycles. The molecule has 152 valence electrons. The standard InChI is InChI=1S/C26H17FO4/c27-19-13-9-17(10-14-19)25(29)21-5-1-3-7-23(21)31-24-8-4-2-6-22(24)26(30)18-11-15-20(28)16-12-18/h1-16,28H. The van der Waals surface area contributed by atoms with Crippen molar-refractivity contribution in [2.75, 3.05) is 0 Å². The van der Waals surface area contributed by atoms with Crippen LogP contribution in [0.2, 0.25) is 0 Å². The smallest absolute Gasteiger partial charge is 0.196 e. The summed E-state index contributed by atoms with van der Waals surface area (Å²) in [6.07, 6.45) is 0. The second-order valence-electron chi connectivity index (χ2n) is 6.81. The first-order valence-corrected chi connectivity index (χ1v) is 9.53. The number of hydrogen-bond acceptors (Lipinski definition) is 4. The van der Waals surface area contributed by atoms with Gasteiger partial charge in [0.15, 0.2) is 11.6 Å². The first-order valence-electron chi connectivity index (χ1n) is 9.53. The predicted octanol–water partition coefficient (Wildman–Crippen LogP) is 5.79. The van der Waals surface area contributed by atoms with Crippen molar-refractivity contribution in [2.24, 2.45) is 0 Å². The van der Waals surface area contributed by atoms with Crippen molar-refractivity contribution in [3.8, 4) is 17.2 Å². The zero-order chi connectivity index (χ0) is 21.8. The van der Waals surface area contributed by atoms with Crippen LogP contribution in [0.25, 0.3) is 0 Å². The van der Waals surface area contributed by atoms with Gasteiger partial charge in [0.2, 0.25) is 0 Å². The summed E-state index contributed by atoms with van der Waals surface area (Å²) in [7, 11) is 0. The zero-order valence-corrected chi connectivity index (χ0v) is 16.3. The highest BCUT2D eigenvalue weighted by molar-refractivity contribution is 6.12. The van der Waals surface area contributed by atoms with Crippen molar-refractivity contribution in [3.05, 3.63) is 125 Å². The Hall–Kier alpha value is -4.25. The van der Waals surface area contributed by atoms with E-state index in [9.17, 15) is 19.1 Å². The third-order valence-electron chi connectivity index (χ3n) is 4.72. The first kappa shape index (κ1) is 20.0. The summed E-state index contributed by atoms with van der Waals surface area (Å²) in [4.78, 5) is 25.9. The van der Waals surface area contributed by atoms with Crippen molar-refractivity contribution < 1.29 is 23.8 Å². The van der Waals surface area contributed by atoms with Gasteiger partial charge in [-0.15, -0.1) is 0 Å². The second kappa shape index (κ2) is 8.63. The van der Waals surface area contributed by atoms with Crippen molar-refractivity contribution >= 4 is 11.6 Å². The van der Waals surface area contributed by atoms with Gasteiger partial charge in [-0.1, -0.05) is 24.3 Å². The van der Waals surface area contributed by atoms with E-state index in [4.69, 9.17) is 4.74 Å². The van der Waals surface area contributed by atoms with E-state index in [-0.39, 0.29) is 23.1 Å². The molecule has 0 bridgehead atoms. The van der Waals surface area contributed by atoms with E-state index in [2.05, 4.69) is 0 Å². The van der Waals surface area contributed by atoms with Crippen LogP contribution < -0.4 is 4.74 Å². The summed E-state index contributed by atoms with van der Waals surface area (Å²) in [5, 5.41) is 9.46. The molecule has 0 amide bonds. The zero-order valence-electron chi connectivity index (χ0n) is 16.3. The summed E-state index contributed by atoms with van der Waals surface area (Å²) < 4.78 is 19.2. The minimum absolute atomic E-state index is 0.0642. The molecule has 0 saturated carbocycles. The Morgan fingerprint density at radius 1 is 0.613 bits per heavy atom. The third kappa shape index (κ3) is 4.36. The minimum atomic E-state index is -0.428. The third-order valence-corrected chi connectivity index (χ3v) is 4.72. The molecule has 0 aliphatic carbocycles. The van der Waals surface area contributed by atoms with Crippen LogP contribution in [0.15, 0.2) is 97.1 Å². The molecule has 0 spiro atoms. The number of phenols is 1. The normalized spacial score (nSPS) is 10.5. The first-order chi connectivity index (χ1) is 15.0. The largest absolute Gasteiger partial charge is 0.508 e. The van der Waals surface area contributed by atoms with Gasteiger partial charge in [0.1, 0.15) is 23.1 Å². The van der Waals surface area contributed by atoms with Crippen molar-refractivity contribution in [1.29, 1.82) is 0 Å². The van der Waals surface area contributed by atoms with Crippen molar-refractivity contribution in [1.82, 2.24) is 0 Å². The van der Waals surface area contributed by atoms with Crippen LogP contribution in [0.4, 0.5) is 4.39 Å². The van der Waals surface area contributed by atoms with Gasteiger partial charge >= 0.3 is 0 Å². The summed E-state index contributed by atoms with van der Waals surface area (Å²) in [6.45, 7) is 0. The minimum Gasteiger partial charge on any atom is -0.508 e. The van der Waals surface area contributed by atoms with Crippen molar-refractivity contribution in [3.63, 3.8) is 0 Å². The van der Waals surface area contributed by atoms with Gasteiger partial charge in [-0.2, -0.15) is 0 Å². The van der Waals surface area contributed by atoms with Crippen LogP contribution in [-0.2, 0) is 0 Å². The SMILES string of the molecule is O=C(c1ccc(O)cc1)c1ccccc1Oc1ccccc1C(=O)c1ccc(F)cc1. The maximum absolute atomic E-state index is 13.2. The molecule has 1 N–H and O–H groups in total. The number of carbonyl (C=O) groups is 2. The molecule has 4 rings (SSSR count). The van der Waals surface area contributed by atoms with E-state index in [0.29, 0.717) is 28.0 Å². The summed E-state index contributed by atoms with van der Waals surface area (Å²) in [5.41, 5.74) is 1.33. The number of para-hydroxylation sites is 2. The van der Waals surface area contributed by atoms with Gasteiger partial charge in [0.25, 0.3) is 0 Å². The number of phenolic OH excluding ortho intramolecular Hbond substituents is 1. The van der Waals surface area contributed by atoms with Crippen LogP contribution in [0, 0.1) is 5.82 Å². The Balaban J connectivity index is 1.68. The van der Waals surface area contributed by atoms with Gasteiger partial charge in [-0.3, -0.25) is 9.59 Å². The van der Waals surface area contributed by atoms with E-state index in [1.807, 2.05) is 0 Å². The fourth-order valence-corrected chi connectivity index (χ4v) is 3.13.